The molecular formula is C18H25BrO7. The normalized spacial score (nSPS) is 10.9. The van der Waals surface area contributed by atoms with E-state index in [9.17, 15) is 9.59 Å². The van der Waals surface area contributed by atoms with Crippen LogP contribution in [0.25, 0.3) is 0 Å². The van der Waals surface area contributed by atoms with Crippen LogP contribution in [-0.4, -0.2) is 38.6 Å². The SMILES string of the molecule is CCCCOC(=O)c1c(OC)cc(OC)c(Br)c1OC(=O)OC(C)(C)C. The molecule has 26 heavy (non-hydrogen) atoms. The summed E-state index contributed by atoms with van der Waals surface area (Å²) in [6.45, 7) is 7.34. The van der Waals surface area contributed by atoms with Crippen LogP contribution in [-0.2, 0) is 9.47 Å². The highest BCUT2D eigenvalue weighted by Gasteiger charge is 2.29. The molecule has 1 aromatic carbocycles. The molecule has 7 nitrogen and oxygen atoms in total. The summed E-state index contributed by atoms with van der Waals surface area (Å²) in [5, 5.41) is 0. The summed E-state index contributed by atoms with van der Waals surface area (Å²) < 4.78 is 26.5. The Morgan fingerprint density at radius 1 is 1.12 bits per heavy atom. The second-order valence-corrected chi connectivity index (χ2v) is 7.15. The molecule has 8 heteroatoms. The number of benzene rings is 1. The van der Waals surface area contributed by atoms with Gasteiger partial charge in [0.25, 0.3) is 0 Å². The molecule has 0 aliphatic heterocycles. The Labute approximate surface area is 162 Å². The molecule has 1 rings (SSSR count). The van der Waals surface area contributed by atoms with Gasteiger partial charge in [0.05, 0.1) is 20.8 Å². The summed E-state index contributed by atoms with van der Waals surface area (Å²) >= 11 is 3.29. The number of halogens is 1. The second-order valence-electron chi connectivity index (χ2n) is 6.36. The molecule has 146 valence electrons. The van der Waals surface area contributed by atoms with Crippen molar-refractivity contribution in [2.45, 2.75) is 46.1 Å². The topological polar surface area (TPSA) is 80.3 Å². The summed E-state index contributed by atoms with van der Waals surface area (Å²) in [5.41, 5.74) is -0.781. The third kappa shape index (κ3) is 6.09. The van der Waals surface area contributed by atoms with Gasteiger partial charge < -0.3 is 23.7 Å². The number of ether oxygens (including phenoxy) is 5. The molecule has 0 amide bonds. The summed E-state index contributed by atoms with van der Waals surface area (Å²) in [5.74, 6) is -0.273. The Morgan fingerprint density at radius 2 is 1.73 bits per heavy atom. The Hall–Kier alpha value is -1.96. The Kier molecular flexibility index (Phi) is 8.20. The van der Waals surface area contributed by atoms with E-state index in [1.807, 2.05) is 6.92 Å². The van der Waals surface area contributed by atoms with Gasteiger partial charge in [0.2, 0.25) is 0 Å². The Morgan fingerprint density at radius 3 is 2.23 bits per heavy atom. The van der Waals surface area contributed by atoms with Crippen molar-refractivity contribution in [3.63, 3.8) is 0 Å². The number of methoxy groups -OCH3 is 2. The van der Waals surface area contributed by atoms with Crippen LogP contribution in [0.3, 0.4) is 0 Å². The molecule has 0 fully saturated rings. The van der Waals surface area contributed by atoms with Crippen LogP contribution in [0.5, 0.6) is 17.2 Å². The minimum absolute atomic E-state index is 0.0258. The van der Waals surface area contributed by atoms with Crippen LogP contribution < -0.4 is 14.2 Å². The van der Waals surface area contributed by atoms with Crippen LogP contribution in [0, 0.1) is 0 Å². The highest BCUT2D eigenvalue weighted by atomic mass is 79.9. The number of esters is 1. The monoisotopic (exact) mass is 432 g/mol. The first kappa shape index (κ1) is 22.1. The van der Waals surface area contributed by atoms with Gasteiger partial charge in [0.1, 0.15) is 27.1 Å². The van der Waals surface area contributed by atoms with Crippen molar-refractivity contribution in [3.05, 3.63) is 16.1 Å². The van der Waals surface area contributed by atoms with Crippen molar-refractivity contribution in [3.8, 4) is 17.2 Å². The molecule has 0 saturated heterocycles. The Balaban J connectivity index is 3.33. The number of unbranched alkanes of at least 4 members (excludes halogenated alkanes) is 1. The standard InChI is InChI=1S/C18H25BrO7/c1-7-8-9-24-16(20)13-11(22-5)10-12(23-6)14(19)15(13)25-17(21)26-18(2,3)4/h10H,7-9H2,1-6H3. The maximum Gasteiger partial charge on any atom is 0.514 e. The van der Waals surface area contributed by atoms with Gasteiger partial charge in [-0.3, -0.25) is 0 Å². The minimum atomic E-state index is -0.962. The van der Waals surface area contributed by atoms with Gasteiger partial charge in [-0.15, -0.1) is 0 Å². The van der Waals surface area contributed by atoms with Crippen molar-refractivity contribution in [1.29, 1.82) is 0 Å². The molecule has 0 spiro atoms. The minimum Gasteiger partial charge on any atom is -0.496 e. The molecule has 0 heterocycles. The molecule has 1 aromatic rings. The van der Waals surface area contributed by atoms with E-state index in [1.165, 1.54) is 20.3 Å². The summed E-state index contributed by atoms with van der Waals surface area (Å²) in [6.07, 6.45) is 0.627. The molecule has 0 aromatic heterocycles. The van der Waals surface area contributed by atoms with Crippen LogP contribution in [0.4, 0.5) is 4.79 Å². The predicted molar refractivity (Wildman–Crippen MR) is 99.3 cm³/mol. The lowest BCUT2D eigenvalue weighted by molar-refractivity contribution is 0.0199. The lowest BCUT2D eigenvalue weighted by atomic mass is 10.1. The molecule has 0 saturated carbocycles. The maximum atomic E-state index is 12.5. The number of carbonyl (C=O) groups excluding carboxylic acids is 2. The van der Waals surface area contributed by atoms with Gasteiger partial charge >= 0.3 is 12.1 Å². The number of carbonyl (C=O) groups is 2. The number of hydrogen-bond donors (Lipinski definition) is 0. The van der Waals surface area contributed by atoms with E-state index in [0.29, 0.717) is 12.2 Å². The molecule has 0 aliphatic rings. The van der Waals surface area contributed by atoms with Crippen LogP contribution in [0.15, 0.2) is 10.5 Å². The molecule has 0 bridgehead atoms. The zero-order valence-corrected chi connectivity index (χ0v) is 17.5. The zero-order valence-electron chi connectivity index (χ0n) is 15.9. The summed E-state index contributed by atoms with van der Waals surface area (Å²) in [6, 6.07) is 1.50. The smallest absolute Gasteiger partial charge is 0.496 e. The maximum absolute atomic E-state index is 12.5. The van der Waals surface area contributed by atoms with Crippen molar-refractivity contribution in [2.75, 3.05) is 20.8 Å². The number of hydrogen-bond acceptors (Lipinski definition) is 7. The van der Waals surface area contributed by atoms with Crippen LogP contribution in [0.1, 0.15) is 50.9 Å². The van der Waals surface area contributed by atoms with Crippen molar-refractivity contribution in [2.24, 2.45) is 0 Å². The first-order chi connectivity index (χ1) is 12.1. The van der Waals surface area contributed by atoms with E-state index in [1.54, 1.807) is 20.8 Å². The molecular weight excluding hydrogens is 408 g/mol. The summed E-state index contributed by atoms with van der Waals surface area (Å²) in [7, 11) is 2.83. The van der Waals surface area contributed by atoms with Gasteiger partial charge in [-0.1, -0.05) is 13.3 Å². The van der Waals surface area contributed by atoms with E-state index < -0.39 is 17.7 Å². The van der Waals surface area contributed by atoms with E-state index >= 15 is 0 Å². The quantitative estimate of drug-likeness (QED) is 0.349. The van der Waals surface area contributed by atoms with Gasteiger partial charge in [0, 0.05) is 6.07 Å². The van der Waals surface area contributed by atoms with Crippen LogP contribution in [0.2, 0.25) is 0 Å². The van der Waals surface area contributed by atoms with Gasteiger partial charge in [-0.05, 0) is 43.1 Å². The van der Waals surface area contributed by atoms with Crippen molar-refractivity contribution in [1.82, 2.24) is 0 Å². The zero-order chi connectivity index (χ0) is 19.9. The van der Waals surface area contributed by atoms with E-state index in [-0.39, 0.29) is 28.1 Å². The van der Waals surface area contributed by atoms with E-state index in [4.69, 9.17) is 23.7 Å². The van der Waals surface area contributed by atoms with Crippen molar-refractivity contribution < 1.29 is 33.3 Å². The summed E-state index contributed by atoms with van der Waals surface area (Å²) in [4.78, 5) is 24.7. The van der Waals surface area contributed by atoms with Crippen molar-refractivity contribution >= 4 is 28.1 Å². The first-order valence-corrected chi connectivity index (χ1v) is 8.96. The van der Waals surface area contributed by atoms with E-state index in [2.05, 4.69) is 15.9 Å². The largest absolute Gasteiger partial charge is 0.514 e. The molecule has 0 N–H and O–H groups in total. The average Bonchev–Trinajstić information content (AvgIpc) is 2.54. The van der Waals surface area contributed by atoms with Gasteiger partial charge in [-0.25, -0.2) is 9.59 Å². The third-order valence-corrected chi connectivity index (χ3v) is 3.85. The predicted octanol–water partition coefficient (Wildman–Crippen LogP) is 4.74. The molecule has 0 unspecified atom stereocenters. The molecule has 0 radical (unpaired) electrons. The third-order valence-electron chi connectivity index (χ3n) is 3.10. The fraction of sp³-hybridized carbons (Fsp3) is 0.556. The first-order valence-electron chi connectivity index (χ1n) is 8.17. The lowest BCUT2D eigenvalue weighted by Gasteiger charge is -2.21. The Bertz CT molecular complexity index is 650. The molecule has 0 aliphatic carbocycles. The van der Waals surface area contributed by atoms with Gasteiger partial charge in [-0.2, -0.15) is 0 Å². The fourth-order valence-electron chi connectivity index (χ4n) is 1.92. The lowest BCUT2D eigenvalue weighted by Crippen LogP contribution is -2.26. The second kappa shape index (κ2) is 9.66. The number of rotatable bonds is 7. The fourth-order valence-corrected chi connectivity index (χ4v) is 2.48. The average molecular weight is 433 g/mol. The highest BCUT2D eigenvalue weighted by Crippen LogP contribution is 2.43. The van der Waals surface area contributed by atoms with Gasteiger partial charge in [0.15, 0.2) is 5.75 Å². The van der Waals surface area contributed by atoms with E-state index in [0.717, 1.165) is 6.42 Å². The molecule has 0 atom stereocenters. The highest BCUT2D eigenvalue weighted by molar-refractivity contribution is 9.10. The van der Waals surface area contributed by atoms with Crippen LogP contribution >= 0.6 is 15.9 Å².